The number of phenolic OH excluding ortho intramolecular Hbond substituents is 1. The second-order valence-electron chi connectivity index (χ2n) is 9.13. The van der Waals surface area contributed by atoms with E-state index in [-0.39, 0.29) is 24.4 Å². The number of nitrogens with one attached hydrogen (secondary N) is 1. The Hall–Kier alpha value is -3.12. The van der Waals surface area contributed by atoms with Crippen LogP contribution >= 0.6 is 0 Å². The van der Waals surface area contributed by atoms with Gasteiger partial charge in [0.25, 0.3) is 0 Å². The number of ether oxygens (including phenoxy) is 2. The van der Waals surface area contributed by atoms with E-state index in [2.05, 4.69) is 17.9 Å². The second kappa shape index (κ2) is 9.02. The smallest absolute Gasteiger partial charge is 0.149 e. The summed E-state index contributed by atoms with van der Waals surface area (Å²) in [6, 6.07) is 13.2. The van der Waals surface area contributed by atoms with Crippen molar-refractivity contribution < 1.29 is 19.0 Å². The summed E-state index contributed by atoms with van der Waals surface area (Å²) in [5.41, 5.74) is 5.88. The Morgan fingerprint density at radius 1 is 1.18 bits per heavy atom. The third-order valence-corrected chi connectivity index (χ3v) is 6.73. The third kappa shape index (κ3) is 4.40. The highest BCUT2D eigenvalue weighted by atomic mass is 19.1. The van der Waals surface area contributed by atoms with E-state index in [4.69, 9.17) is 14.9 Å². The maximum absolute atomic E-state index is 12.6. The fourth-order valence-electron chi connectivity index (χ4n) is 4.90. The maximum atomic E-state index is 12.6. The van der Waals surface area contributed by atoms with Gasteiger partial charge in [-0.15, -0.1) is 0 Å². The number of fused-ring (bicyclic) bond motifs is 1. The first kappa shape index (κ1) is 21.7. The van der Waals surface area contributed by atoms with E-state index in [1.165, 1.54) is 0 Å². The molecule has 1 fully saturated rings. The quantitative estimate of drug-likeness (QED) is 0.602. The molecule has 1 atom stereocenters. The number of benzene rings is 2. The molecule has 2 aliphatic heterocycles. The van der Waals surface area contributed by atoms with E-state index in [0.29, 0.717) is 25.2 Å². The molecule has 172 valence electrons. The molecule has 1 aliphatic carbocycles. The summed E-state index contributed by atoms with van der Waals surface area (Å²) in [6.07, 6.45) is 3.13. The van der Waals surface area contributed by atoms with E-state index in [0.717, 1.165) is 59.0 Å². The summed E-state index contributed by atoms with van der Waals surface area (Å²) in [7, 11) is 0. The lowest BCUT2D eigenvalue weighted by molar-refractivity contribution is 0.0668. The number of nitrogens with zero attached hydrogens (tertiary/aromatic N) is 1. The van der Waals surface area contributed by atoms with Gasteiger partial charge < -0.3 is 20.0 Å². The first-order valence-corrected chi connectivity index (χ1v) is 11.5. The molecule has 0 saturated carbocycles. The van der Waals surface area contributed by atoms with Crippen molar-refractivity contribution in [3.8, 4) is 17.2 Å². The van der Waals surface area contributed by atoms with Crippen LogP contribution in [-0.2, 0) is 0 Å². The van der Waals surface area contributed by atoms with Gasteiger partial charge in [-0.2, -0.15) is 0 Å². The molecule has 6 heteroatoms. The number of hydrogen-bond donors (Lipinski definition) is 2. The summed E-state index contributed by atoms with van der Waals surface area (Å²) in [5.74, 6) is 1.95. The van der Waals surface area contributed by atoms with Crippen molar-refractivity contribution in [3.05, 3.63) is 70.8 Å². The van der Waals surface area contributed by atoms with Crippen LogP contribution in [0.4, 0.5) is 4.39 Å². The lowest BCUT2D eigenvalue weighted by Crippen LogP contribution is -2.49. The van der Waals surface area contributed by atoms with Crippen molar-refractivity contribution in [1.82, 2.24) is 4.90 Å². The first-order chi connectivity index (χ1) is 16.0. The van der Waals surface area contributed by atoms with Crippen molar-refractivity contribution in [3.63, 3.8) is 0 Å². The van der Waals surface area contributed by atoms with Crippen LogP contribution in [-0.4, -0.2) is 48.6 Å². The molecule has 1 saturated heterocycles. The number of phenols is 1. The second-order valence-corrected chi connectivity index (χ2v) is 9.13. The number of hydrogen-bond acceptors (Lipinski definition) is 5. The zero-order chi connectivity index (χ0) is 22.9. The number of allylic oxidation sites excluding steroid dienone is 2. The Bertz CT molecular complexity index is 1120. The summed E-state index contributed by atoms with van der Waals surface area (Å²) in [5, 5.41) is 18.1. The molecule has 0 bridgehead atoms. The predicted octanol–water partition coefficient (Wildman–Crippen LogP) is 5.32. The van der Waals surface area contributed by atoms with Crippen LogP contribution in [0.5, 0.6) is 17.2 Å². The van der Waals surface area contributed by atoms with E-state index in [1.54, 1.807) is 12.1 Å². The molecule has 3 aliphatic rings. The molecule has 33 heavy (non-hydrogen) atoms. The Morgan fingerprint density at radius 3 is 2.67 bits per heavy atom. The van der Waals surface area contributed by atoms with Gasteiger partial charge in [0.05, 0.1) is 6.67 Å². The molecule has 2 N–H and O–H groups in total. The van der Waals surface area contributed by atoms with Gasteiger partial charge in [-0.05, 0) is 54.0 Å². The molecular weight excluding hydrogens is 419 g/mol. The lowest BCUT2D eigenvalue weighted by Gasteiger charge is -2.37. The first-order valence-electron chi connectivity index (χ1n) is 11.5. The highest BCUT2D eigenvalue weighted by Gasteiger charge is 2.32. The van der Waals surface area contributed by atoms with Gasteiger partial charge in [0, 0.05) is 55.2 Å². The van der Waals surface area contributed by atoms with Crippen molar-refractivity contribution in [1.29, 1.82) is 5.41 Å². The van der Waals surface area contributed by atoms with Gasteiger partial charge in [0.1, 0.15) is 30.0 Å². The minimum absolute atomic E-state index is 0.193. The number of likely N-dealkylation sites (tertiary alicyclic amines) is 1. The van der Waals surface area contributed by atoms with Crippen molar-refractivity contribution in [2.45, 2.75) is 25.9 Å². The van der Waals surface area contributed by atoms with Gasteiger partial charge in [-0.25, -0.2) is 0 Å². The number of rotatable bonds is 7. The average molecular weight is 449 g/mol. The van der Waals surface area contributed by atoms with Crippen LogP contribution in [0.25, 0.3) is 5.57 Å². The molecule has 5 nitrogen and oxygen atoms in total. The highest BCUT2D eigenvalue weighted by Crippen LogP contribution is 2.47. The maximum Gasteiger partial charge on any atom is 0.149 e. The van der Waals surface area contributed by atoms with E-state index >= 15 is 0 Å². The van der Waals surface area contributed by atoms with E-state index in [1.807, 2.05) is 30.3 Å². The molecular formula is C27H29FN2O3. The molecule has 0 spiro atoms. The average Bonchev–Trinajstić information content (AvgIpc) is 3.21. The van der Waals surface area contributed by atoms with Crippen molar-refractivity contribution in [2.24, 2.45) is 5.92 Å². The fraction of sp³-hybridized carbons (Fsp3) is 0.370. The molecule has 5 rings (SSSR count). The van der Waals surface area contributed by atoms with Crippen LogP contribution in [0.15, 0.2) is 59.7 Å². The third-order valence-electron chi connectivity index (χ3n) is 6.73. The SMILES string of the molecule is CC1=C(C2=CCC(=N)C2)C(c2ccc(OCCN3CC(CF)C3)cc2)Oc2ccc(O)cc21. The molecule has 2 heterocycles. The van der Waals surface area contributed by atoms with Gasteiger partial charge >= 0.3 is 0 Å². The standard InChI is InChI=1S/C27H29FN2O3/c1-17-24-13-22(31)6-9-25(24)33-27(26(17)20-2-5-21(29)12-20)19-3-7-23(8-4-19)32-11-10-30-15-18(14-28)16-30/h2-4,6-9,13,18,27,29,31H,5,10-12,14-16H2,1H3. The topological polar surface area (TPSA) is 65.8 Å². The monoisotopic (exact) mass is 448 g/mol. The summed E-state index contributed by atoms with van der Waals surface area (Å²) in [6.45, 7) is 4.85. The lowest BCUT2D eigenvalue weighted by atomic mass is 9.85. The molecule has 0 aromatic heterocycles. The Kier molecular flexibility index (Phi) is 5.94. The predicted molar refractivity (Wildman–Crippen MR) is 127 cm³/mol. The summed E-state index contributed by atoms with van der Waals surface area (Å²) >= 11 is 0. The minimum atomic E-state index is -0.285. The minimum Gasteiger partial charge on any atom is -0.508 e. The summed E-state index contributed by atoms with van der Waals surface area (Å²) < 4.78 is 24.9. The largest absolute Gasteiger partial charge is 0.508 e. The van der Waals surface area contributed by atoms with Crippen LogP contribution in [0.1, 0.15) is 37.0 Å². The zero-order valence-electron chi connectivity index (χ0n) is 18.8. The van der Waals surface area contributed by atoms with Gasteiger partial charge in [0.2, 0.25) is 0 Å². The van der Waals surface area contributed by atoms with E-state index < -0.39 is 0 Å². The zero-order valence-corrected chi connectivity index (χ0v) is 18.8. The summed E-state index contributed by atoms with van der Waals surface area (Å²) in [4.78, 5) is 2.20. The molecule has 2 aromatic carbocycles. The molecule has 1 unspecified atom stereocenters. The molecule has 0 amide bonds. The molecule has 2 aromatic rings. The number of alkyl halides is 1. The van der Waals surface area contributed by atoms with Gasteiger partial charge in [-0.3, -0.25) is 9.29 Å². The van der Waals surface area contributed by atoms with Crippen LogP contribution < -0.4 is 9.47 Å². The van der Waals surface area contributed by atoms with E-state index in [9.17, 15) is 9.50 Å². The van der Waals surface area contributed by atoms with Crippen LogP contribution in [0, 0.1) is 11.3 Å². The molecule has 0 radical (unpaired) electrons. The Labute approximate surface area is 193 Å². The van der Waals surface area contributed by atoms with Gasteiger partial charge in [0.15, 0.2) is 0 Å². The number of aromatic hydroxyl groups is 1. The fourth-order valence-corrected chi connectivity index (χ4v) is 4.90. The number of halogens is 1. The van der Waals surface area contributed by atoms with Crippen molar-refractivity contribution >= 4 is 11.3 Å². The van der Waals surface area contributed by atoms with Crippen LogP contribution in [0.2, 0.25) is 0 Å². The van der Waals surface area contributed by atoms with Crippen LogP contribution in [0.3, 0.4) is 0 Å². The van der Waals surface area contributed by atoms with Crippen molar-refractivity contribution in [2.75, 3.05) is 32.9 Å². The Balaban J connectivity index is 1.34. The normalized spacial score (nSPS) is 20.8. The Morgan fingerprint density at radius 2 is 1.97 bits per heavy atom. The van der Waals surface area contributed by atoms with Gasteiger partial charge in [-0.1, -0.05) is 18.2 Å². The highest BCUT2D eigenvalue weighted by molar-refractivity contribution is 5.91.